The van der Waals surface area contributed by atoms with Gasteiger partial charge in [-0.3, -0.25) is 9.79 Å². The van der Waals surface area contributed by atoms with Gasteiger partial charge in [-0.05, 0) is 31.0 Å². The molecule has 0 saturated carbocycles. The molecule has 26 heavy (non-hydrogen) atoms. The van der Waals surface area contributed by atoms with Crippen molar-refractivity contribution in [2.24, 2.45) is 4.99 Å². The van der Waals surface area contributed by atoms with Gasteiger partial charge in [0.15, 0.2) is 5.96 Å². The summed E-state index contributed by atoms with van der Waals surface area (Å²) < 4.78 is 13.2. The highest BCUT2D eigenvalue weighted by molar-refractivity contribution is 6.31. The fraction of sp³-hybridized carbons (Fsp3) is 0.579. The van der Waals surface area contributed by atoms with E-state index < -0.39 is 0 Å². The quantitative estimate of drug-likeness (QED) is 0.476. The largest absolute Gasteiger partial charge is 0.356 e. The monoisotopic (exact) mass is 384 g/mol. The molecule has 0 radical (unpaired) electrons. The topological polar surface area (TPSA) is 65.5 Å². The lowest BCUT2D eigenvalue weighted by molar-refractivity contribution is -0.121. The summed E-state index contributed by atoms with van der Waals surface area (Å²) in [5.74, 6) is 0.268. The third kappa shape index (κ3) is 7.20. The van der Waals surface area contributed by atoms with Gasteiger partial charge < -0.3 is 16.0 Å². The van der Waals surface area contributed by atoms with Crippen molar-refractivity contribution in [3.05, 3.63) is 34.6 Å². The Morgan fingerprint density at radius 3 is 2.62 bits per heavy atom. The highest BCUT2D eigenvalue weighted by Gasteiger charge is 2.24. The number of carbonyl (C=O) groups excluding carboxylic acids is 1. The van der Waals surface area contributed by atoms with Gasteiger partial charge in [0.2, 0.25) is 5.91 Å². The number of hydrogen-bond acceptors (Lipinski definition) is 2. The Morgan fingerprint density at radius 2 is 2.04 bits per heavy atom. The summed E-state index contributed by atoms with van der Waals surface area (Å²) in [4.78, 5) is 16.0. The Kier molecular flexibility index (Phi) is 8.85. The van der Waals surface area contributed by atoms with Crippen LogP contribution in [-0.2, 0) is 10.2 Å². The van der Waals surface area contributed by atoms with Gasteiger partial charge in [0.1, 0.15) is 5.82 Å². The van der Waals surface area contributed by atoms with Crippen LogP contribution in [0, 0.1) is 5.82 Å². The molecule has 1 aromatic carbocycles. The molecular weight excluding hydrogens is 355 g/mol. The molecule has 0 heterocycles. The average molecular weight is 385 g/mol. The van der Waals surface area contributed by atoms with E-state index in [9.17, 15) is 9.18 Å². The van der Waals surface area contributed by atoms with Gasteiger partial charge in [0.05, 0.1) is 0 Å². The van der Waals surface area contributed by atoms with Crippen LogP contribution in [0.5, 0.6) is 0 Å². The molecule has 0 bridgehead atoms. The Labute approximate surface area is 160 Å². The van der Waals surface area contributed by atoms with E-state index in [1.54, 1.807) is 13.1 Å². The minimum Gasteiger partial charge on any atom is -0.356 e. The van der Waals surface area contributed by atoms with Crippen LogP contribution in [0.25, 0.3) is 0 Å². The first-order valence-electron chi connectivity index (χ1n) is 8.89. The molecule has 1 amide bonds. The molecule has 1 atom stereocenters. The summed E-state index contributed by atoms with van der Waals surface area (Å²) in [6, 6.07) is 4.61. The van der Waals surface area contributed by atoms with Gasteiger partial charge in [-0.25, -0.2) is 4.39 Å². The average Bonchev–Trinajstić information content (AvgIpc) is 2.57. The van der Waals surface area contributed by atoms with Crippen molar-refractivity contribution < 1.29 is 9.18 Å². The number of hydrogen-bond donors (Lipinski definition) is 3. The molecule has 0 aliphatic heterocycles. The van der Waals surface area contributed by atoms with Gasteiger partial charge in [-0.1, -0.05) is 38.4 Å². The number of guanidine groups is 1. The van der Waals surface area contributed by atoms with E-state index in [4.69, 9.17) is 11.6 Å². The number of aliphatic imine (C=N–C) groups is 1. The zero-order valence-corrected chi connectivity index (χ0v) is 17.0. The lowest BCUT2D eigenvalue weighted by Crippen LogP contribution is -2.44. The number of amides is 1. The highest BCUT2D eigenvalue weighted by atomic mass is 35.5. The molecule has 0 aliphatic carbocycles. The summed E-state index contributed by atoms with van der Waals surface area (Å²) >= 11 is 6.18. The maximum Gasteiger partial charge on any atom is 0.221 e. The minimum atomic E-state index is -0.351. The van der Waals surface area contributed by atoms with Crippen molar-refractivity contribution in [1.29, 1.82) is 0 Å². The molecule has 1 aromatic rings. The lowest BCUT2D eigenvalue weighted by Gasteiger charge is -2.27. The molecule has 0 fully saturated rings. The van der Waals surface area contributed by atoms with E-state index in [0.717, 1.165) is 12.0 Å². The first kappa shape index (κ1) is 22.2. The Bertz CT molecular complexity index is 634. The predicted octanol–water partition coefficient (Wildman–Crippen LogP) is 3.23. The van der Waals surface area contributed by atoms with E-state index in [2.05, 4.69) is 20.9 Å². The molecule has 0 saturated heterocycles. The van der Waals surface area contributed by atoms with Crippen LogP contribution in [0.15, 0.2) is 23.2 Å². The number of halogens is 2. The SMILES string of the molecule is CCC(C)NC(=O)CCNC(=NC)NCC(C)(C)c1ccc(F)cc1Cl. The summed E-state index contributed by atoms with van der Waals surface area (Å²) in [5, 5.41) is 9.68. The fourth-order valence-corrected chi connectivity index (χ4v) is 2.83. The van der Waals surface area contributed by atoms with Crippen LogP contribution in [0.4, 0.5) is 4.39 Å². The second kappa shape index (κ2) is 10.4. The molecule has 3 N–H and O–H groups in total. The maximum absolute atomic E-state index is 13.2. The number of nitrogens with zero attached hydrogens (tertiary/aromatic N) is 1. The van der Waals surface area contributed by atoms with Crippen LogP contribution in [0.2, 0.25) is 5.02 Å². The third-order valence-corrected chi connectivity index (χ3v) is 4.56. The summed E-state index contributed by atoms with van der Waals surface area (Å²) in [6.07, 6.45) is 1.28. The van der Waals surface area contributed by atoms with E-state index in [-0.39, 0.29) is 23.2 Å². The van der Waals surface area contributed by atoms with Crippen molar-refractivity contribution in [2.75, 3.05) is 20.1 Å². The van der Waals surface area contributed by atoms with Gasteiger partial charge in [0.25, 0.3) is 0 Å². The normalized spacial score (nSPS) is 13.3. The number of rotatable bonds is 8. The molecule has 1 unspecified atom stereocenters. The van der Waals surface area contributed by atoms with E-state index in [1.807, 2.05) is 27.7 Å². The van der Waals surface area contributed by atoms with Crippen LogP contribution in [0.3, 0.4) is 0 Å². The second-order valence-corrected chi connectivity index (χ2v) is 7.39. The van der Waals surface area contributed by atoms with E-state index in [0.29, 0.717) is 30.5 Å². The zero-order chi connectivity index (χ0) is 19.7. The molecule has 0 aliphatic rings. The van der Waals surface area contributed by atoms with Crippen LogP contribution in [-0.4, -0.2) is 38.0 Å². The Hall–Kier alpha value is -1.82. The van der Waals surface area contributed by atoms with Gasteiger partial charge in [0, 0.05) is 43.0 Å². The maximum atomic E-state index is 13.2. The van der Waals surface area contributed by atoms with Crippen LogP contribution >= 0.6 is 11.6 Å². The van der Waals surface area contributed by atoms with Gasteiger partial charge in [-0.15, -0.1) is 0 Å². The first-order valence-corrected chi connectivity index (χ1v) is 9.26. The van der Waals surface area contributed by atoms with Crippen molar-refractivity contribution in [3.63, 3.8) is 0 Å². The zero-order valence-electron chi connectivity index (χ0n) is 16.2. The van der Waals surface area contributed by atoms with Gasteiger partial charge >= 0.3 is 0 Å². The van der Waals surface area contributed by atoms with Crippen molar-refractivity contribution in [1.82, 2.24) is 16.0 Å². The summed E-state index contributed by atoms with van der Waals surface area (Å²) in [7, 11) is 1.67. The summed E-state index contributed by atoms with van der Waals surface area (Å²) in [6.45, 7) is 9.09. The number of carbonyl (C=O) groups is 1. The molecule has 146 valence electrons. The van der Waals surface area contributed by atoms with E-state index in [1.165, 1.54) is 12.1 Å². The first-order chi connectivity index (χ1) is 12.2. The standard InChI is InChI=1S/C19H30ClFN4O/c1-6-13(2)25-17(26)9-10-23-18(22-5)24-12-19(3,4)15-8-7-14(21)11-16(15)20/h7-8,11,13H,6,9-10,12H2,1-5H3,(H,25,26)(H2,22,23,24). The van der Waals surface area contributed by atoms with Crippen molar-refractivity contribution in [3.8, 4) is 0 Å². The molecule has 0 aromatic heterocycles. The molecule has 0 spiro atoms. The molecule has 1 rings (SSSR count). The van der Waals surface area contributed by atoms with Crippen LogP contribution in [0.1, 0.15) is 46.1 Å². The minimum absolute atomic E-state index is 0.0146. The number of nitrogens with one attached hydrogen (secondary N) is 3. The van der Waals surface area contributed by atoms with Crippen molar-refractivity contribution >= 4 is 23.5 Å². The van der Waals surface area contributed by atoms with Crippen LogP contribution < -0.4 is 16.0 Å². The van der Waals surface area contributed by atoms with Crippen molar-refractivity contribution in [2.45, 2.75) is 52.0 Å². The molecular formula is C19H30ClFN4O. The van der Waals surface area contributed by atoms with Gasteiger partial charge in [-0.2, -0.15) is 0 Å². The smallest absolute Gasteiger partial charge is 0.221 e. The third-order valence-electron chi connectivity index (χ3n) is 4.25. The Balaban J connectivity index is 2.51. The van der Waals surface area contributed by atoms with E-state index >= 15 is 0 Å². The summed E-state index contributed by atoms with van der Waals surface area (Å²) in [5.41, 5.74) is 0.535. The lowest BCUT2D eigenvalue weighted by atomic mass is 9.84. The molecule has 5 nitrogen and oxygen atoms in total. The fourth-order valence-electron chi connectivity index (χ4n) is 2.40. The second-order valence-electron chi connectivity index (χ2n) is 6.99. The Morgan fingerprint density at radius 1 is 1.35 bits per heavy atom. The predicted molar refractivity (Wildman–Crippen MR) is 106 cm³/mol. The number of benzene rings is 1. The highest BCUT2D eigenvalue weighted by Crippen LogP contribution is 2.29. The molecule has 7 heteroatoms.